The van der Waals surface area contributed by atoms with E-state index in [1.807, 2.05) is 6.92 Å². The lowest BCUT2D eigenvalue weighted by Crippen LogP contribution is -2.41. The molecule has 3 amide bonds. The Morgan fingerprint density at radius 2 is 1.87 bits per heavy atom. The van der Waals surface area contributed by atoms with Gasteiger partial charge in [-0.2, -0.15) is 0 Å². The van der Waals surface area contributed by atoms with Gasteiger partial charge in [0, 0.05) is 12.6 Å². The zero-order chi connectivity index (χ0) is 17.1. The molecule has 2 N–H and O–H groups in total. The monoisotopic (exact) mass is 320 g/mol. The molecule has 0 aliphatic carbocycles. The van der Waals surface area contributed by atoms with Crippen molar-refractivity contribution in [2.24, 2.45) is 0 Å². The molecule has 0 saturated heterocycles. The molecule has 1 aromatic carbocycles. The van der Waals surface area contributed by atoms with Crippen molar-refractivity contribution >= 4 is 24.0 Å². The van der Waals surface area contributed by atoms with E-state index in [2.05, 4.69) is 10.6 Å². The van der Waals surface area contributed by atoms with Crippen LogP contribution in [0.4, 0.5) is 4.79 Å². The van der Waals surface area contributed by atoms with Crippen LogP contribution < -0.4 is 15.4 Å². The number of benzene rings is 1. The third kappa shape index (κ3) is 7.66. The van der Waals surface area contributed by atoms with Crippen molar-refractivity contribution < 1.29 is 23.9 Å². The molecular formula is C16H20N2O5. The number of imide groups is 1. The lowest BCUT2D eigenvalue weighted by molar-refractivity contribution is -0.143. The van der Waals surface area contributed by atoms with Crippen LogP contribution in [0.1, 0.15) is 18.9 Å². The SMILES string of the molecule is CCCNC(=O)NC(=O)COC(=O)/C=C/c1ccc(OC)cc1. The highest BCUT2D eigenvalue weighted by Gasteiger charge is 2.08. The number of carbonyl (C=O) groups is 3. The fourth-order valence-corrected chi connectivity index (χ4v) is 1.51. The van der Waals surface area contributed by atoms with E-state index >= 15 is 0 Å². The summed E-state index contributed by atoms with van der Waals surface area (Å²) in [4.78, 5) is 34.1. The zero-order valence-electron chi connectivity index (χ0n) is 13.1. The van der Waals surface area contributed by atoms with Crippen molar-refractivity contribution in [3.63, 3.8) is 0 Å². The lowest BCUT2D eigenvalue weighted by atomic mass is 10.2. The molecule has 0 fully saturated rings. The van der Waals surface area contributed by atoms with Crippen LogP contribution in [0.25, 0.3) is 6.08 Å². The first kappa shape index (κ1) is 18.2. The van der Waals surface area contributed by atoms with Gasteiger partial charge in [-0.1, -0.05) is 19.1 Å². The number of urea groups is 1. The van der Waals surface area contributed by atoms with E-state index in [-0.39, 0.29) is 0 Å². The van der Waals surface area contributed by atoms with Gasteiger partial charge >= 0.3 is 12.0 Å². The van der Waals surface area contributed by atoms with Crippen LogP contribution in [0.15, 0.2) is 30.3 Å². The van der Waals surface area contributed by atoms with E-state index in [4.69, 9.17) is 9.47 Å². The second kappa shape index (κ2) is 9.99. The number of carbonyl (C=O) groups excluding carboxylic acids is 3. The van der Waals surface area contributed by atoms with E-state index in [0.717, 1.165) is 12.0 Å². The third-order valence-corrected chi connectivity index (χ3v) is 2.66. The summed E-state index contributed by atoms with van der Waals surface area (Å²) >= 11 is 0. The van der Waals surface area contributed by atoms with Gasteiger partial charge in [-0.3, -0.25) is 10.1 Å². The molecule has 0 aromatic heterocycles. The van der Waals surface area contributed by atoms with Crippen LogP contribution in [0.5, 0.6) is 5.75 Å². The average molecular weight is 320 g/mol. The van der Waals surface area contributed by atoms with Gasteiger partial charge in [0.25, 0.3) is 5.91 Å². The van der Waals surface area contributed by atoms with Gasteiger partial charge in [0.15, 0.2) is 6.61 Å². The highest BCUT2D eigenvalue weighted by atomic mass is 16.5. The van der Waals surface area contributed by atoms with E-state index in [1.165, 1.54) is 6.08 Å². The number of ether oxygens (including phenoxy) is 2. The first-order valence-electron chi connectivity index (χ1n) is 7.11. The van der Waals surface area contributed by atoms with Crippen LogP contribution in [-0.2, 0) is 14.3 Å². The molecule has 0 aliphatic heterocycles. The standard InChI is InChI=1S/C16H20N2O5/c1-3-10-17-16(21)18-14(19)11-23-15(20)9-6-12-4-7-13(22-2)8-5-12/h4-9H,3,10-11H2,1-2H3,(H2,17,18,19,21)/b9-6+. The highest BCUT2D eigenvalue weighted by molar-refractivity contribution is 5.96. The number of amides is 3. The summed E-state index contributed by atoms with van der Waals surface area (Å²) in [5.41, 5.74) is 0.783. The van der Waals surface area contributed by atoms with Gasteiger partial charge in [-0.25, -0.2) is 9.59 Å². The highest BCUT2D eigenvalue weighted by Crippen LogP contribution is 2.12. The maximum atomic E-state index is 11.5. The molecule has 0 bridgehead atoms. The third-order valence-electron chi connectivity index (χ3n) is 2.66. The first-order valence-corrected chi connectivity index (χ1v) is 7.11. The minimum atomic E-state index is -0.690. The minimum Gasteiger partial charge on any atom is -0.497 e. The summed E-state index contributed by atoms with van der Waals surface area (Å²) in [6.45, 7) is 1.83. The number of nitrogens with one attached hydrogen (secondary N) is 2. The molecule has 1 aromatic rings. The fraction of sp³-hybridized carbons (Fsp3) is 0.312. The summed E-state index contributed by atoms with van der Waals surface area (Å²) < 4.78 is 9.76. The van der Waals surface area contributed by atoms with Gasteiger partial charge in [0.1, 0.15) is 5.75 Å². The van der Waals surface area contributed by atoms with Gasteiger partial charge in [0.05, 0.1) is 7.11 Å². The Morgan fingerprint density at radius 3 is 2.48 bits per heavy atom. The van der Waals surface area contributed by atoms with Crippen LogP contribution in [-0.4, -0.2) is 38.2 Å². The van der Waals surface area contributed by atoms with Gasteiger partial charge < -0.3 is 14.8 Å². The van der Waals surface area contributed by atoms with E-state index in [0.29, 0.717) is 12.3 Å². The Hall–Kier alpha value is -2.83. The predicted molar refractivity (Wildman–Crippen MR) is 84.8 cm³/mol. The van der Waals surface area contributed by atoms with Gasteiger partial charge in [0.2, 0.25) is 0 Å². The molecule has 0 heterocycles. The first-order chi connectivity index (χ1) is 11.0. The Balaban J connectivity index is 2.34. The summed E-state index contributed by atoms with van der Waals surface area (Å²) in [7, 11) is 1.57. The molecule has 0 unspecified atom stereocenters. The molecule has 0 spiro atoms. The fourth-order valence-electron chi connectivity index (χ4n) is 1.51. The van der Waals surface area contributed by atoms with Crippen molar-refractivity contribution in [2.45, 2.75) is 13.3 Å². The Labute approximate surface area is 134 Å². The molecule has 23 heavy (non-hydrogen) atoms. The Kier molecular flexibility index (Phi) is 7.91. The lowest BCUT2D eigenvalue weighted by Gasteiger charge is -2.05. The van der Waals surface area contributed by atoms with Crippen LogP contribution >= 0.6 is 0 Å². The normalized spacial score (nSPS) is 10.2. The number of methoxy groups -OCH3 is 1. The average Bonchev–Trinajstić information content (AvgIpc) is 2.56. The maximum Gasteiger partial charge on any atom is 0.331 e. The van der Waals surface area contributed by atoms with Crippen LogP contribution in [0.3, 0.4) is 0 Å². The van der Waals surface area contributed by atoms with Crippen molar-refractivity contribution in [1.29, 1.82) is 0 Å². The van der Waals surface area contributed by atoms with Gasteiger partial charge in [-0.05, 0) is 30.2 Å². The second-order valence-corrected chi connectivity index (χ2v) is 4.52. The number of hydrogen-bond acceptors (Lipinski definition) is 5. The summed E-state index contributed by atoms with van der Waals surface area (Å²) in [6.07, 6.45) is 3.51. The smallest absolute Gasteiger partial charge is 0.331 e. The molecule has 0 saturated carbocycles. The van der Waals surface area contributed by atoms with Crippen LogP contribution in [0, 0.1) is 0 Å². The molecule has 7 heteroatoms. The molecule has 124 valence electrons. The molecule has 0 aliphatic rings. The molecule has 0 radical (unpaired) electrons. The Bertz CT molecular complexity index is 566. The van der Waals surface area contributed by atoms with Crippen molar-refractivity contribution in [3.8, 4) is 5.75 Å². The molecule has 0 atom stereocenters. The molecular weight excluding hydrogens is 300 g/mol. The van der Waals surface area contributed by atoms with E-state index in [1.54, 1.807) is 37.5 Å². The van der Waals surface area contributed by atoms with E-state index < -0.39 is 24.5 Å². The predicted octanol–water partition coefficient (Wildman–Crippen LogP) is 1.49. The zero-order valence-corrected chi connectivity index (χ0v) is 13.1. The number of esters is 1. The van der Waals surface area contributed by atoms with Gasteiger partial charge in [-0.15, -0.1) is 0 Å². The quantitative estimate of drug-likeness (QED) is 0.586. The largest absolute Gasteiger partial charge is 0.497 e. The van der Waals surface area contributed by atoms with Crippen molar-refractivity contribution in [1.82, 2.24) is 10.6 Å². The summed E-state index contributed by atoms with van der Waals surface area (Å²) in [5.74, 6) is -0.655. The molecule has 7 nitrogen and oxygen atoms in total. The summed E-state index contributed by atoms with van der Waals surface area (Å²) in [5, 5.41) is 4.52. The van der Waals surface area contributed by atoms with Crippen LogP contribution in [0.2, 0.25) is 0 Å². The maximum absolute atomic E-state index is 11.5. The van der Waals surface area contributed by atoms with Crippen molar-refractivity contribution in [3.05, 3.63) is 35.9 Å². The minimum absolute atomic E-state index is 0.462. The Morgan fingerprint density at radius 1 is 1.17 bits per heavy atom. The topological polar surface area (TPSA) is 93.7 Å². The number of hydrogen-bond donors (Lipinski definition) is 2. The van der Waals surface area contributed by atoms with E-state index in [9.17, 15) is 14.4 Å². The molecule has 1 rings (SSSR count). The summed E-state index contributed by atoms with van der Waals surface area (Å²) in [6, 6.07) is 6.45. The number of rotatable bonds is 7. The van der Waals surface area contributed by atoms with Crippen molar-refractivity contribution in [2.75, 3.05) is 20.3 Å². The second-order valence-electron chi connectivity index (χ2n) is 4.52.